The number of nitriles is 1. The third-order valence-corrected chi connectivity index (χ3v) is 7.43. The van der Waals surface area contributed by atoms with E-state index in [9.17, 15) is 19.6 Å². The molecule has 3 amide bonds. The molecule has 202 valence electrons. The third-order valence-electron chi connectivity index (χ3n) is 6.43. The molecule has 4 rings (SSSR count). The van der Waals surface area contributed by atoms with E-state index < -0.39 is 6.04 Å². The van der Waals surface area contributed by atoms with E-state index in [1.54, 1.807) is 37.4 Å². The number of amides is 3. The van der Waals surface area contributed by atoms with Crippen molar-refractivity contribution in [3.63, 3.8) is 0 Å². The van der Waals surface area contributed by atoms with Crippen molar-refractivity contribution in [2.24, 2.45) is 0 Å². The Morgan fingerprint density at radius 2 is 1.85 bits per heavy atom. The highest BCUT2D eigenvalue weighted by Crippen LogP contribution is 2.27. The summed E-state index contributed by atoms with van der Waals surface area (Å²) in [5.74, 6) is -0.0358. The maximum absolute atomic E-state index is 13.6. The quantitative estimate of drug-likeness (QED) is 0.330. The summed E-state index contributed by atoms with van der Waals surface area (Å²) < 4.78 is 10.8. The van der Waals surface area contributed by atoms with E-state index in [1.165, 1.54) is 22.7 Å². The van der Waals surface area contributed by atoms with Crippen LogP contribution in [0, 0.1) is 11.3 Å². The Balaban J connectivity index is 1.53. The maximum atomic E-state index is 13.6. The molecule has 1 fully saturated rings. The normalized spacial score (nSPS) is 13.4. The van der Waals surface area contributed by atoms with Crippen LogP contribution in [0.4, 0.5) is 0 Å². The van der Waals surface area contributed by atoms with Crippen LogP contribution in [-0.2, 0) is 9.59 Å². The summed E-state index contributed by atoms with van der Waals surface area (Å²) in [6.45, 7) is 0.160. The second kappa shape index (κ2) is 13.5. The van der Waals surface area contributed by atoms with Gasteiger partial charge in [-0.1, -0.05) is 18.2 Å². The Bertz CT molecular complexity index is 1320. The molecule has 1 saturated carbocycles. The first-order chi connectivity index (χ1) is 19.0. The van der Waals surface area contributed by atoms with E-state index in [1.807, 2.05) is 36.4 Å². The average Bonchev–Trinajstić information content (AvgIpc) is 3.42. The Morgan fingerprint density at radius 3 is 2.46 bits per heavy atom. The van der Waals surface area contributed by atoms with Crippen LogP contribution in [0.5, 0.6) is 5.75 Å². The molecular formula is C29H30N4O5S. The number of rotatable bonds is 12. The van der Waals surface area contributed by atoms with Crippen LogP contribution < -0.4 is 15.4 Å². The van der Waals surface area contributed by atoms with Gasteiger partial charge in [0.2, 0.25) is 11.7 Å². The molecule has 0 radical (unpaired) electrons. The number of hydrogen-bond donors (Lipinski definition) is 2. The minimum Gasteiger partial charge on any atom is -0.497 e. The van der Waals surface area contributed by atoms with Gasteiger partial charge in [-0.15, -0.1) is 11.8 Å². The van der Waals surface area contributed by atoms with E-state index in [2.05, 4.69) is 10.6 Å². The van der Waals surface area contributed by atoms with Gasteiger partial charge in [-0.2, -0.15) is 5.26 Å². The number of carbonyl (C=O) groups is 3. The van der Waals surface area contributed by atoms with Crippen LogP contribution in [0.1, 0.15) is 47.2 Å². The van der Waals surface area contributed by atoms with E-state index >= 15 is 0 Å². The molecule has 2 N–H and O–H groups in total. The summed E-state index contributed by atoms with van der Waals surface area (Å²) in [5, 5.41) is 15.1. The summed E-state index contributed by atoms with van der Waals surface area (Å²) in [6.07, 6.45) is 2.77. The second-order valence-corrected chi connectivity index (χ2v) is 10.1. The Hall–Kier alpha value is -4.23. The molecule has 0 aliphatic heterocycles. The van der Waals surface area contributed by atoms with Gasteiger partial charge in [-0.25, -0.2) is 0 Å². The van der Waals surface area contributed by atoms with Crippen molar-refractivity contribution in [1.82, 2.24) is 15.5 Å². The first-order valence-corrected chi connectivity index (χ1v) is 13.7. The van der Waals surface area contributed by atoms with Crippen LogP contribution >= 0.6 is 11.8 Å². The molecule has 10 heteroatoms. The highest BCUT2D eigenvalue weighted by Gasteiger charge is 2.35. The highest BCUT2D eigenvalue weighted by atomic mass is 32.2. The maximum Gasteiger partial charge on any atom is 0.251 e. The number of methoxy groups -OCH3 is 1. The zero-order valence-electron chi connectivity index (χ0n) is 21.6. The molecular weight excluding hydrogens is 516 g/mol. The fraction of sp³-hybridized carbons (Fsp3) is 0.310. The van der Waals surface area contributed by atoms with Crippen molar-refractivity contribution in [1.29, 1.82) is 5.26 Å². The van der Waals surface area contributed by atoms with E-state index in [0.29, 0.717) is 11.3 Å². The molecule has 1 aliphatic rings. The molecule has 0 saturated heterocycles. The van der Waals surface area contributed by atoms with Gasteiger partial charge < -0.3 is 24.7 Å². The highest BCUT2D eigenvalue weighted by molar-refractivity contribution is 8.00. The lowest BCUT2D eigenvalue weighted by atomic mass is 9.93. The lowest BCUT2D eigenvalue weighted by molar-refractivity contribution is -0.140. The fourth-order valence-electron chi connectivity index (χ4n) is 4.09. The summed E-state index contributed by atoms with van der Waals surface area (Å²) in [4.78, 5) is 42.1. The minimum atomic E-state index is -1.09. The van der Waals surface area contributed by atoms with Gasteiger partial charge in [0.05, 0.1) is 12.9 Å². The van der Waals surface area contributed by atoms with Crippen molar-refractivity contribution >= 4 is 29.5 Å². The number of benzene rings is 2. The summed E-state index contributed by atoms with van der Waals surface area (Å²) >= 11 is 1.36. The third kappa shape index (κ3) is 7.42. The number of hydrogen-bond acceptors (Lipinski definition) is 7. The Labute approximate surface area is 231 Å². The van der Waals surface area contributed by atoms with E-state index in [-0.39, 0.29) is 54.1 Å². The Morgan fingerprint density at radius 1 is 1.10 bits per heavy atom. The Kier molecular flexibility index (Phi) is 9.64. The summed E-state index contributed by atoms with van der Waals surface area (Å²) in [7, 11) is 1.55. The number of nitrogens with one attached hydrogen (secondary N) is 2. The van der Waals surface area contributed by atoms with Crippen molar-refractivity contribution in [2.45, 2.75) is 36.2 Å². The monoisotopic (exact) mass is 546 g/mol. The van der Waals surface area contributed by atoms with Gasteiger partial charge in [0.15, 0.2) is 6.04 Å². The average molecular weight is 547 g/mol. The lowest BCUT2D eigenvalue weighted by Gasteiger charge is -2.33. The zero-order valence-corrected chi connectivity index (χ0v) is 22.4. The van der Waals surface area contributed by atoms with E-state index in [4.69, 9.17) is 9.15 Å². The van der Waals surface area contributed by atoms with Crippen molar-refractivity contribution in [3.8, 4) is 11.8 Å². The molecule has 1 aromatic heterocycles. The van der Waals surface area contributed by atoms with Gasteiger partial charge in [0, 0.05) is 29.6 Å². The van der Waals surface area contributed by atoms with Gasteiger partial charge in [0.25, 0.3) is 11.8 Å². The second-order valence-electron chi connectivity index (χ2n) is 9.03. The molecule has 0 spiro atoms. The predicted molar refractivity (Wildman–Crippen MR) is 146 cm³/mol. The predicted octanol–water partition coefficient (Wildman–Crippen LogP) is 3.92. The largest absolute Gasteiger partial charge is 0.497 e. The van der Waals surface area contributed by atoms with E-state index in [0.717, 1.165) is 24.2 Å². The summed E-state index contributed by atoms with van der Waals surface area (Å²) in [6, 6.07) is 20.1. The van der Waals surface area contributed by atoms with Crippen molar-refractivity contribution in [3.05, 3.63) is 83.8 Å². The first-order valence-electron chi connectivity index (χ1n) is 12.7. The molecule has 1 unspecified atom stereocenters. The fourth-order valence-corrected chi connectivity index (χ4v) is 4.90. The number of nitrogens with zero attached hydrogens (tertiary/aromatic N) is 2. The SMILES string of the molecule is COc1ccc(C(=O)NCCN(C(=O)CSc2ccccc2)C(C(=O)NC2CCC2)c2ccc(C#N)o2)cc1. The van der Waals surface area contributed by atoms with Gasteiger partial charge >= 0.3 is 0 Å². The molecule has 39 heavy (non-hydrogen) atoms. The van der Waals surface area contributed by atoms with Crippen LogP contribution in [0.3, 0.4) is 0 Å². The minimum absolute atomic E-state index is 0.0378. The van der Waals surface area contributed by atoms with Crippen molar-refractivity contribution < 1.29 is 23.5 Å². The van der Waals surface area contributed by atoms with Crippen LogP contribution in [0.2, 0.25) is 0 Å². The smallest absolute Gasteiger partial charge is 0.251 e. The van der Waals surface area contributed by atoms with Crippen LogP contribution in [0.15, 0.2) is 76.0 Å². The van der Waals surface area contributed by atoms with Crippen LogP contribution in [-0.4, -0.2) is 54.6 Å². The topological polar surface area (TPSA) is 125 Å². The molecule has 0 bridgehead atoms. The van der Waals surface area contributed by atoms with Crippen molar-refractivity contribution in [2.75, 3.05) is 26.0 Å². The number of furan rings is 1. The van der Waals surface area contributed by atoms with Gasteiger partial charge in [0.1, 0.15) is 17.6 Å². The number of carbonyl (C=O) groups excluding carboxylic acids is 3. The molecule has 2 aromatic carbocycles. The number of thioether (sulfide) groups is 1. The molecule has 9 nitrogen and oxygen atoms in total. The molecule has 1 atom stereocenters. The molecule has 1 heterocycles. The zero-order chi connectivity index (χ0) is 27.6. The number of ether oxygens (including phenoxy) is 1. The van der Waals surface area contributed by atoms with Crippen LogP contribution in [0.25, 0.3) is 0 Å². The molecule has 1 aliphatic carbocycles. The van der Waals surface area contributed by atoms with Gasteiger partial charge in [-0.05, 0) is 67.8 Å². The van der Waals surface area contributed by atoms with Gasteiger partial charge in [-0.3, -0.25) is 14.4 Å². The summed E-state index contributed by atoms with van der Waals surface area (Å²) in [5.41, 5.74) is 0.442. The first kappa shape index (κ1) is 27.8. The standard InChI is InChI=1S/C29H30N4O5S/c1-37-22-12-10-20(11-13-22)28(35)31-16-17-33(26(34)19-39-24-8-3-2-4-9-24)27(25-15-14-23(18-30)38-25)29(36)32-21-6-5-7-21/h2-4,8-15,21,27H,5-7,16-17,19H2,1H3,(H,31,35)(H,32,36). The lowest BCUT2D eigenvalue weighted by Crippen LogP contribution is -2.50. The molecule has 3 aromatic rings.